The lowest BCUT2D eigenvalue weighted by atomic mass is 9.94. The van der Waals surface area contributed by atoms with Gasteiger partial charge in [-0.15, -0.1) is 0 Å². The molecule has 1 atom stereocenters. The maximum atomic E-state index is 5.65. The van der Waals surface area contributed by atoms with Crippen LogP contribution in [0.5, 0.6) is 0 Å². The molecule has 0 bridgehead atoms. The maximum Gasteiger partial charge on any atom is 0.0777 e. The lowest BCUT2D eigenvalue weighted by molar-refractivity contribution is -0.0508. The summed E-state index contributed by atoms with van der Waals surface area (Å²) < 4.78 is 5.65. The SMILES string of the molecule is COC1(C)CCCN(CCCCCCNC2CC2)C1. The Morgan fingerprint density at radius 3 is 2.74 bits per heavy atom. The van der Waals surface area contributed by atoms with Crippen LogP contribution in [0.2, 0.25) is 0 Å². The predicted molar refractivity (Wildman–Crippen MR) is 80.6 cm³/mol. The quantitative estimate of drug-likeness (QED) is 0.651. The fourth-order valence-electron chi connectivity index (χ4n) is 3.07. The maximum absolute atomic E-state index is 5.65. The Balaban J connectivity index is 1.45. The number of hydrogen-bond donors (Lipinski definition) is 1. The fraction of sp³-hybridized carbons (Fsp3) is 1.00. The second kappa shape index (κ2) is 7.61. The van der Waals surface area contributed by atoms with Crippen molar-refractivity contribution in [2.75, 3.05) is 33.3 Å². The number of ether oxygens (including phenoxy) is 1. The summed E-state index contributed by atoms with van der Waals surface area (Å²) in [6, 6.07) is 0.875. The minimum Gasteiger partial charge on any atom is -0.377 e. The van der Waals surface area contributed by atoms with Gasteiger partial charge < -0.3 is 15.0 Å². The van der Waals surface area contributed by atoms with E-state index >= 15 is 0 Å². The molecule has 0 aromatic rings. The molecule has 0 aromatic carbocycles. The number of likely N-dealkylation sites (tertiary alicyclic amines) is 1. The third-order valence-corrected chi connectivity index (χ3v) is 4.64. The molecule has 2 rings (SSSR count). The number of methoxy groups -OCH3 is 1. The summed E-state index contributed by atoms with van der Waals surface area (Å²) in [5.41, 5.74) is 0.104. The van der Waals surface area contributed by atoms with Crippen molar-refractivity contribution in [3.63, 3.8) is 0 Å². The first-order valence-electron chi connectivity index (χ1n) is 8.23. The van der Waals surface area contributed by atoms with Gasteiger partial charge in [0.1, 0.15) is 0 Å². The standard InChI is InChI=1S/C16H32N2O/c1-16(19-2)10-7-13-18(14-16)12-6-4-3-5-11-17-15-8-9-15/h15,17H,3-14H2,1-2H3. The molecule has 1 unspecified atom stereocenters. The fourth-order valence-corrected chi connectivity index (χ4v) is 3.07. The first-order chi connectivity index (χ1) is 9.22. The lowest BCUT2D eigenvalue weighted by Gasteiger charge is -2.39. The largest absolute Gasteiger partial charge is 0.377 e. The highest BCUT2D eigenvalue weighted by atomic mass is 16.5. The van der Waals surface area contributed by atoms with E-state index in [1.54, 1.807) is 0 Å². The summed E-state index contributed by atoms with van der Waals surface area (Å²) >= 11 is 0. The number of nitrogens with one attached hydrogen (secondary N) is 1. The van der Waals surface area contributed by atoms with Crippen LogP contribution in [0.25, 0.3) is 0 Å². The molecule has 2 aliphatic rings. The number of nitrogens with zero attached hydrogens (tertiary/aromatic N) is 1. The van der Waals surface area contributed by atoms with Gasteiger partial charge in [0.2, 0.25) is 0 Å². The Kier molecular flexibility index (Phi) is 6.11. The zero-order valence-corrected chi connectivity index (χ0v) is 12.9. The van der Waals surface area contributed by atoms with Gasteiger partial charge in [-0.2, -0.15) is 0 Å². The molecule has 0 spiro atoms. The lowest BCUT2D eigenvalue weighted by Crippen LogP contribution is -2.47. The molecule has 1 saturated heterocycles. The molecule has 112 valence electrons. The second-order valence-corrected chi connectivity index (χ2v) is 6.68. The van der Waals surface area contributed by atoms with Crippen LogP contribution < -0.4 is 5.32 Å². The summed E-state index contributed by atoms with van der Waals surface area (Å²) in [7, 11) is 1.86. The Bertz CT molecular complexity index is 255. The van der Waals surface area contributed by atoms with E-state index in [0.717, 1.165) is 12.6 Å². The van der Waals surface area contributed by atoms with Crippen LogP contribution in [-0.2, 0) is 4.74 Å². The summed E-state index contributed by atoms with van der Waals surface area (Å²) in [5.74, 6) is 0. The third-order valence-electron chi connectivity index (χ3n) is 4.64. The van der Waals surface area contributed by atoms with Crippen molar-refractivity contribution in [1.82, 2.24) is 10.2 Å². The Morgan fingerprint density at radius 1 is 1.21 bits per heavy atom. The molecular formula is C16H32N2O. The van der Waals surface area contributed by atoms with Crippen LogP contribution in [-0.4, -0.2) is 49.8 Å². The number of hydrogen-bond acceptors (Lipinski definition) is 3. The molecule has 0 aromatic heterocycles. The zero-order valence-electron chi connectivity index (χ0n) is 12.9. The van der Waals surface area contributed by atoms with Gasteiger partial charge in [0.25, 0.3) is 0 Å². The van der Waals surface area contributed by atoms with E-state index in [4.69, 9.17) is 4.74 Å². The highest BCUT2D eigenvalue weighted by Gasteiger charge is 2.30. The number of rotatable bonds is 9. The van der Waals surface area contributed by atoms with Crippen LogP contribution in [0.4, 0.5) is 0 Å². The molecular weight excluding hydrogens is 236 g/mol. The molecule has 3 nitrogen and oxygen atoms in total. The van der Waals surface area contributed by atoms with E-state index in [-0.39, 0.29) is 5.60 Å². The van der Waals surface area contributed by atoms with Crippen LogP contribution in [0, 0.1) is 0 Å². The van der Waals surface area contributed by atoms with E-state index in [1.165, 1.54) is 71.0 Å². The van der Waals surface area contributed by atoms with Crippen molar-refractivity contribution in [3.8, 4) is 0 Å². The van der Waals surface area contributed by atoms with Gasteiger partial charge in [0.05, 0.1) is 5.60 Å². The monoisotopic (exact) mass is 268 g/mol. The molecule has 1 heterocycles. The summed E-state index contributed by atoms with van der Waals surface area (Å²) in [4.78, 5) is 2.59. The van der Waals surface area contributed by atoms with Crippen molar-refractivity contribution in [2.24, 2.45) is 0 Å². The van der Waals surface area contributed by atoms with Crippen molar-refractivity contribution >= 4 is 0 Å². The van der Waals surface area contributed by atoms with E-state index in [9.17, 15) is 0 Å². The zero-order chi connectivity index (χ0) is 13.6. The van der Waals surface area contributed by atoms with Crippen LogP contribution >= 0.6 is 0 Å². The normalized spacial score (nSPS) is 28.7. The third kappa shape index (κ3) is 5.80. The van der Waals surface area contributed by atoms with Crippen LogP contribution in [0.1, 0.15) is 58.3 Å². The highest BCUT2D eigenvalue weighted by molar-refractivity contribution is 4.84. The molecule has 1 N–H and O–H groups in total. The molecule has 19 heavy (non-hydrogen) atoms. The van der Waals surface area contributed by atoms with E-state index < -0.39 is 0 Å². The average molecular weight is 268 g/mol. The first-order valence-corrected chi connectivity index (χ1v) is 8.23. The van der Waals surface area contributed by atoms with Crippen molar-refractivity contribution in [3.05, 3.63) is 0 Å². The molecule has 3 heteroatoms. The van der Waals surface area contributed by atoms with Gasteiger partial charge >= 0.3 is 0 Å². The molecule has 2 fully saturated rings. The first kappa shape index (κ1) is 15.3. The summed E-state index contributed by atoms with van der Waals surface area (Å²) in [6.07, 6.45) is 10.8. The Labute approximate surface area is 119 Å². The summed E-state index contributed by atoms with van der Waals surface area (Å²) in [5, 5.41) is 3.59. The topological polar surface area (TPSA) is 24.5 Å². The minimum atomic E-state index is 0.104. The van der Waals surface area contributed by atoms with E-state index in [2.05, 4.69) is 17.1 Å². The summed E-state index contributed by atoms with van der Waals surface area (Å²) in [6.45, 7) is 7.13. The van der Waals surface area contributed by atoms with Crippen molar-refractivity contribution < 1.29 is 4.74 Å². The molecule has 0 radical (unpaired) electrons. The molecule has 1 aliphatic heterocycles. The Hall–Kier alpha value is -0.120. The van der Waals surface area contributed by atoms with E-state index in [1.807, 2.05) is 7.11 Å². The number of unbranched alkanes of at least 4 members (excludes halogenated alkanes) is 3. The molecule has 1 saturated carbocycles. The smallest absolute Gasteiger partial charge is 0.0777 e. The average Bonchev–Trinajstić information content (AvgIpc) is 3.22. The second-order valence-electron chi connectivity index (χ2n) is 6.68. The molecule has 0 amide bonds. The van der Waals surface area contributed by atoms with E-state index in [0.29, 0.717) is 0 Å². The van der Waals surface area contributed by atoms with Crippen molar-refractivity contribution in [1.29, 1.82) is 0 Å². The van der Waals surface area contributed by atoms with Gasteiger partial charge in [-0.1, -0.05) is 12.8 Å². The van der Waals surface area contributed by atoms with Gasteiger partial charge in [0.15, 0.2) is 0 Å². The highest BCUT2D eigenvalue weighted by Crippen LogP contribution is 2.24. The number of piperidine rings is 1. The Morgan fingerprint density at radius 2 is 2.00 bits per heavy atom. The van der Waals surface area contributed by atoms with Crippen LogP contribution in [0.15, 0.2) is 0 Å². The minimum absolute atomic E-state index is 0.104. The van der Waals surface area contributed by atoms with Gasteiger partial charge in [-0.3, -0.25) is 0 Å². The molecule has 1 aliphatic carbocycles. The van der Waals surface area contributed by atoms with Crippen molar-refractivity contribution in [2.45, 2.75) is 69.9 Å². The van der Waals surface area contributed by atoms with Gasteiger partial charge in [0, 0.05) is 19.7 Å². The van der Waals surface area contributed by atoms with Crippen LogP contribution in [0.3, 0.4) is 0 Å². The van der Waals surface area contributed by atoms with Gasteiger partial charge in [-0.25, -0.2) is 0 Å². The van der Waals surface area contributed by atoms with Gasteiger partial charge in [-0.05, 0) is 65.1 Å². The predicted octanol–water partition coefficient (Wildman–Crippen LogP) is 2.80.